The topological polar surface area (TPSA) is 80.5 Å². The second-order valence-corrected chi connectivity index (χ2v) is 9.69. The zero-order valence-electron chi connectivity index (χ0n) is 16.9. The van der Waals surface area contributed by atoms with Gasteiger partial charge in [0.25, 0.3) is 5.91 Å². The number of fused-ring (bicyclic) bond motifs is 1. The molecule has 0 unspecified atom stereocenters. The molecule has 156 valence electrons. The Kier molecular flexibility index (Phi) is 4.63. The molecule has 0 bridgehead atoms. The first-order valence-corrected chi connectivity index (χ1v) is 11.6. The lowest BCUT2D eigenvalue weighted by molar-refractivity contribution is 0.102. The molecule has 1 amide bonds. The van der Waals surface area contributed by atoms with Crippen molar-refractivity contribution in [1.82, 2.24) is 9.38 Å². The Labute approximate surface area is 180 Å². The van der Waals surface area contributed by atoms with Crippen molar-refractivity contribution < 1.29 is 13.2 Å². The van der Waals surface area contributed by atoms with E-state index in [4.69, 9.17) is 4.98 Å². The number of pyridine rings is 1. The summed E-state index contributed by atoms with van der Waals surface area (Å²) < 4.78 is 28.2. The fourth-order valence-electron chi connectivity index (χ4n) is 3.81. The summed E-state index contributed by atoms with van der Waals surface area (Å²) in [6.07, 6.45) is 4.16. The van der Waals surface area contributed by atoms with E-state index < -0.39 is 15.7 Å². The highest BCUT2D eigenvalue weighted by molar-refractivity contribution is 7.91. The van der Waals surface area contributed by atoms with Gasteiger partial charge in [-0.2, -0.15) is 0 Å². The molecule has 0 aliphatic heterocycles. The predicted molar refractivity (Wildman–Crippen MR) is 118 cm³/mol. The lowest BCUT2D eigenvalue weighted by Gasteiger charge is -2.11. The number of aromatic nitrogens is 2. The van der Waals surface area contributed by atoms with E-state index in [1.807, 2.05) is 23.6 Å². The highest BCUT2D eigenvalue weighted by Crippen LogP contribution is 2.41. The van der Waals surface area contributed by atoms with Crippen LogP contribution in [0.15, 0.2) is 82.7 Å². The van der Waals surface area contributed by atoms with Gasteiger partial charge in [0, 0.05) is 17.8 Å². The summed E-state index contributed by atoms with van der Waals surface area (Å²) in [6.45, 7) is 2.03. The molecule has 6 nitrogen and oxygen atoms in total. The highest BCUT2D eigenvalue weighted by atomic mass is 32.2. The number of imidazole rings is 1. The number of amides is 1. The Bertz CT molecular complexity index is 1400. The van der Waals surface area contributed by atoms with E-state index in [9.17, 15) is 13.2 Å². The Hall–Kier alpha value is -3.45. The maximum atomic E-state index is 13.1. The van der Waals surface area contributed by atoms with Crippen LogP contribution in [-0.2, 0) is 9.84 Å². The van der Waals surface area contributed by atoms with Gasteiger partial charge in [-0.15, -0.1) is 0 Å². The first kappa shape index (κ1) is 19.5. The largest absolute Gasteiger partial charge is 0.321 e. The average Bonchev–Trinajstić information content (AvgIpc) is 3.58. The quantitative estimate of drug-likeness (QED) is 0.501. The van der Waals surface area contributed by atoms with Crippen molar-refractivity contribution in [3.63, 3.8) is 0 Å². The molecule has 0 radical (unpaired) electrons. The molecule has 7 heteroatoms. The smallest absolute Gasteiger partial charge is 0.257 e. The van der Waals surface area contributed by atoms with Crippen molar-refractivity contribution in [2.45, 2.75) is 35.5 Å². The normalized spacial score (nSPS) is 14.0. The first-order chi connectivity index (χ1) is 14.9. The number of rotatable bonds is 5. The Morgan fingerprint density at radius 2 is 1.71 bits per heavy atom. The molecule has 31 heavy (non-hydrogen) atoms. The van der Waals surface area contributed by atoms with Crippen LogP contribution < -0.4 is 5.32 Å². The molecule has 2 aromatic carbocycles. The number of anilines is 1. The fourth-order valence-corrected chi connectivity index (χ4v) is 5.29. The maximum Gasteiger partial charge on any atom is 0.257 e. The molecule has 2 aromatic heterocycles. The zero-order chi connectivity index (χ0) is 21.6. The number of hydrogen-bond acceptors (Lipinski definition) is 4. The van der Waals surface area contributed by atoms with Crippen molar-refractivity contribution in [3.8, 4) is 0 Å². The number of carbonyl (C=O) groups excluding carboxylic acids is 1. The molecule has 2 heterocycles. The number of sulfone groups is 1. The Morgan fingerprint density at radius 3 is 2.45 bits per heavy atom. The van der Waals surface area contributed by atoms with Gasteiger partial charge in [0.05, 0.1) is 26.7 Å². The number of carbonyl (C=O) groups is 1. The molecule has 1 saturated carbocycles. The van der Waals surface area contributed by atoms with E-state index in [0.29, 0.717) is 11.6 Å². The van der Waals surface area contributed by atoms with E-state index >= 15 is 0 Å². The number of nitrogens with zero attached hydrogens (tertiary/aromatic N) is 2. The average molecular weight is 432 g/mol. The molecule has 1 aliphatic carbocycles. The second kappa shape index (κ2) is 7.35. The molecule has 0 saturated heterocycles. The van der Waals surface area contributed by atoms with Crippen molar-refractivity contribution in [3.05, 3.63) is 89.9 Å². The lowest BCUT2D eigenvalue weighted by Crippen LogP contribution is -2.17. The van der Waals surface area contributed by atoms with Crippen LogP contribution in [0.5, 0.6) is 0 Å². The minimum absolute atomic E-state index is 0.0189. The maximum absolute atomic E-state index is 13.1. The van der Waals surface area contributed by atoms with Gasteiger partial charge in [-0.3, -0.25) is 4.79 Å². The van der Waals surface area contributed by atoms with E-state index in [0.717, 1.165) is 17.0 Å². The third-order valence-corrected chi connectivity index (χ3v) is 7.42. The minimum atomic E-state index is -3.82. The van der Waals surface area contributed by atoms with Crippen LogP contribution in [0, 0.1) is 6.92 Å². The van der Waals surface area contributed by atoms with Crippen LogP contribution in [0.25, 0.3) is 5.65 Å². The fraction of sp³-hybridized carbons (Fsp3) is 0.167. The van der Waals surface area contributed by atoms with Crippen LogP contribution in [0.3, 0.4) is 0 Å². The standard InChI is InChI=1S/C24H21N3O3S/c1-16-23(17-11-12-17)26-22-14-13-18(15-27(16)22)25-24(28)20-9-5-6-10-21(20)31(29,30)19-7-3-2-4-8-19/h2-10,13-15,17H,11-12H2,1H3,(H,25,28). The van der Waals surface area contributed by atoms with E-state index in [2.05, 4.69) is 5.32 Å². The van der Waals surface area contributed by atoms with Crippen LogP contribution in [0.1, 0.15) is 40.5 Å². The molecule has 1 fully saturated rings. The third kappa shape index (κ3) is 3.51. The van der Waals surface area contributed by atoms with Gasteiger partial charge in [-0.05, 0) is 56.2 Å². The summed E-state index contributed by atoms with van der Waals surface area (Å²) in [5.41, 5.74) is 3.70. The van der Waals surface area contributed by atoms with Crippen LogP contribution in [0.4, 0.5) is 5.69 Å². The van der Waals surface area contributed by atoms with Crippen LogP contribution in [-0.4, -0.2) is 23.7 Å². The van der Waals surface area contributed by atoms with Gasteiger partial charge in [0.15, 0.2) is 0 Å². The molecule has 0 atom stereocenters. The molecular formula is C24H21N3O3S. The molecule has 1 aliphatic rings. The van der Waals surface area contributed by atoms with Crippen LogP contribution >= 0.6 is 0 Å². The molecule has 0 spiro atoms. The van der Waals surface area contributed by atoms with E-state index in [1.165, 1.54) is 37.1 Å². The molecule has 1 N–H and O–H groups in total. The van der Waals surface area contributed by atoms with Crippen molar-refractivity contribution >= 4 is 27.1 Å². The predicted octanol–water partition coefficient (Wildman–Crippen LogP) is 4.61. The van der Waals surface area contributed by atoms with Gasteiger partial charge in [-0.25, -0.2) is 13.4 Å². The third-order valence-electron chi connectivity index (χ3n) is 5.59. The van der Waals surface area contributed by atoms with E-state index in [1.54, 1.807) is 36.4 Å². The molecule has 5 rings (SSSR count). The SMILES string of the molecule is Cc1c(C2CC2)nc2ccc(NC(=O)c3ccccc3S(=O)(=O)c3ccccc3)cn12. The highest BCUT2D eigenvalue weighted by Gasteiger charge is 2.29. The van der Waals surface area contributed by atoms with Crippen molar-refractivity contribution in [1.29, 1.82) is 0 Å². The van der Waals surface area contributed by atoms with Gasteiger partial charge in [-0.1, -0.05) is 30.3 Å². The number of aryl methyl sites for hydroxylation is 1. The van der Waals surface area contributed by atoms with Gasteiger partial charge in [0.2, 0.25) is 9.84 Å². The lowest BCUT2D eigenvalue weighted by atomic mass is 10.2. The summed E-state index contributed by atoms with van der Waals surface area (Å²) in [6, 6.07) is 18.0. The Morgan fingerprint density at radius 1 is 1.00 bits per heavy atom. The number of hydrogen-bond donors (Lipinski definition) is 1. The van der Waals surface area contributed by atoms with Crippen molar-refractivity contribution in [2.75, 3.05) is 5.32 Å². The van der Waals surface area contributed by atoms with Gasteiger partial charge >= 0.3 is 0 Å². The van der Waals surface area contributed by atoms with Gasteiger partial charge in [0.1, 0.15) is 5.65 Å². The molecular weight excluding hydrogens is 410 g/mol. The monoisotopic (exact) mass is 431 g/mol. The minimum Gasteiger partial charge on any atom is -0.321 e. The van der Waals surface area contributed by atoms with Gasteiger partial charge < -0.3 is 9.72 Å². The zero-order valence-corrected chi connectivity index (χ0v) is 17.8. The summed E-state index contributed by atoms with van der Waals surface area (Å²) >= 11 is 0. The number of nitrogens with one attached hydrogen (secondary N) is 1. The van der Waals surface area contributed by atoms with E-state index in [-0.39, 0.29) is 15.4 Å². The summed E-state index contributed by atoms with van der Waals surface area (Å²) in [7, 11) is -3.82. The summed E-state index contributed by atoms with van der Waals surface area (Å²) in [4.78, 5) is 17.9. The van der Waals surface area contributed by atoms with Crippen molar-refractivity contribution in [2.24, 2.45) is 0 Å². The first-order valence-electron chi connectivity index (χ1n) is 10.1. The molecule has 4 aromatic rings. The van der Waals surface area contributed by atoms with Crippen LogP contribution in [0.2, 0.25) is 0 Å². The Balaban J connectivity index is 1.48. The summed E-state index contributed by atoms with van der Waals surface area (Å²) in [5.74, 6) is 0.0580. The number of benzene rings is 2. The summed E-state index contributed by atoms with van der Waals surface area (Å²) in [5, 5.41) is 2.84. The second-order valence-electron chi connectivity index (χ2n) is 7.77.